The summed E-state index contributed by atoms with van der Waals surface area (Å²) >= 11 is 0. The molecule has 10 heteroatoms. The molecule has 164 valence electrons. The highest BCUT2D eigenvalue weighted by Crippen LogP contribution is 2.19. The third-order valence-corrected chi connectivity index (χ3v) is 4.96. The van der Waals surface area contributed by atoms with E-state index in [0.29, 0.717) is 30.2 Å². The monoisotopic (exact) mass is 432 g/mol. The van der Waals surface area contributed by atoms with Crippen molar-refractivity contribution in [3.63, 3.8) is 0 Å². The predicted octanol–water partition coefficient (Wildman–Crippen LogP) is 2.93. The highest BCUT2D eigenvalue weighted by Gasteiger charge is 2.14. The fourth-order valence-corrected chi connectivity index (χ4v) is 3.26. The maximum atomic E-state index is 12.6. The molecule has 2 N–H and O–H groups in total. The van der Waals surface area contributed by atoms with Crippen LogP contribution in [0.3, 0.4) is 0 Å². The second-order valence-electron chi connectivity index (χ2n) is 7.53. The number of hydrogen-bond acceptors (Lipinski definition) is 8. The molecule has 0 aliphatic rings. The van der Waals surface area contributed by atoms with Crippen molar-refractivity contribution in [3.05, 3.63) is 72.1 Å². The zero-order valence-corrected chi connectivity index (χ0v) is 18.1. The summed E-state index contributed by atoms with van der Waals surface area (Å²) in [6.07, 6.45) is 4.55. The van der Waals surface area contributed by atoms with Crippen molar-refractivity contribution in [2.75, 3.05) is 5.32 Å². The Morgan fingerprint density at radius 1 is 1.16 bits per heavy atom. The van der Waals surface area contributed by atoms with Gasteiger partial charge in [-0.05, 0) is 24.3 Å². The lowest BCUT2D eigenvalue weighted by atomic mass is 10.1. The summed E-state index contributed by atoms with van der Waals surface area (Å²) in [6.45, 7) is 4.80. The number of amides is 1. The van der Waals surface area contributed by atoms with Gasteiger partial charge < -0.3 is 19.6 Å². The Morgan fingerprint density at radius 2 is 2.03 bits per heavy atom. The number of carbonyl (C=O) groups is 1. The van der Waals surface area contributed by atoms with Gasteiger partial charge in [0.2, 0.25) is 0 Å². The largest absolute Gasteiger partial charge is 0.448 e. The molecule has 0 saturated heterocycles. The second-order valence-corrected chi connectivity index (χ2v) is 7.53. The van der Waals surface area contributed by atoms with Gasteiger partial charge in [-0.1, -0.05) is 19.9 Å². The predicted molar refractivity (Wildman–Crippen MR) is 118 cm³/mol. The molecule has 0 bridgehead atoms. The molecule has 0 spiro atoms. The standard InChI is InChI=1S/C22H24N8O2/c1-14(2)20-18(27-13-32-20)10-25-22(31)15-5-4-6-16(9-15)24-11-19-28-29-21(30(19)3)17-7-8-23-12-26-17/h4-9,12-14,24H,10-11H2,1-3H3,(H,25,31). The third kappa shape index (κ3) is 4.64. The van der Waals surface area contributed by atoms with E-state index in [1.807, 2.05) is 37.6 Å². The Kier molecular flexibility index (Phi) is 6.20. The van der Waals surface area contributed by atoms with E-state index in [1.54, 1.807) is 24.4 Å². The van der Waals surface area contributed by atoms with Crippen LogP contribution < -0.4 is 10.6 Å². The van der Waals surface area contributed by atoms with Gasteiger partial charge in [0.1, 0.15) is 23.5 Å². The molecule has 3 aromatic heterocycles. The van der Waals surface area contributed by atoms with Crippen LogP contribution in [-0.4, -0.2) is 35.6 Å². The Morgan fingerprint density at radius 3 is 2.81 bits per heavy atom. The first kappa shape index (κ1) is 21.2. The molecule has 1 amide bonds. The Bertz CT molecular complexity index is 1200. The average molecular weight is 432 g/mol. The smallest absolute Gasteiger partial charge is 0.251 e. The molecular weight excluding hydrogens is 408 g/mol. The van der Waals surface area contributed by atoms with Gasteiger partial charge in [0.25, 0.3) is 5.91 Å². The number of rotatable bonds is 8. The summed E-state index contributed by atoms with van der Waals surface area (Å²) in [5, 5.41) is 14.6. The molecule has 0 fully saturated rings. The number of benzene rings is 1. The lowest BCUT2D eigenvalue weighted by Gasteiger charge is -2.09. The number of oxazole rings is 1. The molecule has 0 aliphatic carbocycles. The molecule has 4 aromatic rings. The van der Waals surface area contributed by atoms with E-state index in [4.69, 9.17) is 4.42 Å². The SMILES string of the molecule is CC(C)c1ocnc1CNC(=O)c1cccc(NCc2nnc(-c3ccncn3)n2C)c1. The van der Waals surface area contributed by atoms with Gasteiger partial charge in [0.05, 0.1) is 13.1 Å². The lowest BCUT2D eigenvalue weighted by Crippen LogP contribution is -2.23. The van der Waals surface area contributed by atoms with E-state index in [1.165, 1.54) is 12.7 Å². The summed E-state index contributed by atoms with van der Waals surface area (Å²) in [6, 6.07) is 9.07. The fraction of sp³-hybridized carbons (Fsp3) is 0.273. The lowest BCUT2D eigenvalue weighted by molar-refractivity contribution is 0.0950. The first-order valence-corrected chi connectivity index (χ1v) is 10.2. The number of hydrogen-bond donors (Lipinski definition) is 2. The first-order valence-electron chi connectivity index (χ1n) is 10.2. The summed E-state index contributed by atoms with van der Waals surface area (Å²) in [4.78, 5) is 25.0. The average Bonchev–Trinajstić information content (AvgIpc) is 3.43. The van der Waals surface area contributed by atoms with E-state index in [9.17, 15) is 4.79 Å². The van der Waals surface area contributed by atoms with Crippen LogP contribution in [0, 0.1) is 0 Å². The normalized spacial score (nSPS) is 11.0. The van der Waals surface area contributed by atoms with E-state index in [0.717, 1.165) is 23.0 Å². The molecule has 1 aromatic carbocycles. The Balaban J connectivity index is 1.39. The van der Waals surface area contributed by atoms with Crippen LogP contribution in [0.4, 0.5) is 5.69 Å². The van der Waals surface area contributed by atoms with Gasteiger partial charge in [-0.15, -0.1) is 10.2 Å². The maximum absolute atomic E-state index is 12.6. The molecule has 0 radical (unpaired) electrons. The van der Waals surface area contributed by atoms with E-state index >= 15 is 0 Å². The minimum Gasteiger partial charge on any atom is -0.448 e. The molecule has 3 heterocycles. The van der Waals surface area contributed by atoms with Crippen molar-refractivity contribution in [2.45, 2.75) is 32.9 Å². The minimum atomic E-state index is -0.184. The fourth-order valence-electron chi connectivity index (χ4n) is 3.26. The third-order valence-electron chi connectivity index (χ3n) is 4.96. The van der Waals surface area contributed by atoms with Gasteiger partial charge in [0, 0.05) is 30.4 Å². The number of nitrogens with one attached hydrogen (secondary N) is 2. The second kappa shape index (κ2) is 9.38. The molecule has 0 atom stereocenters. The number of anilines is 1. The van der Waals surface area contributed by atoms with Crippen LogP contribution in [0.5, 0.6) is 0 Å². The Labute approximate surface area is 185 Å². The van der Waals surface area contributed by atoms with Gasteiger partial charge in [-0.3, -0.25) is 4.79 Å². The number of nitrogens with zero attached hydrogens (tertiary/aromatic N) is 6. The van der Waals surface area contributed by atoms with Gasteiger partial charge in [0.15, 0.2) is 18.0 Å². The highest BCUT2D eigenvalue weighted by atomic mass is 16.3. The zero-order valence-electron chi connectivity index (χ0n) is 18.1. The molecule has 32 heavy (non-hydrogen) atoms. The Hall–Kier alpha value is -4.08. The highest BCUT2D eigenvalue weighted by molar-refractivity contribution is 5.95. The number of aromatic nitrogens is 6. The zero-order chi connectivity index (χ0) is 22.5. The van der Waals surface area contributed by atoms with Gasteiger partial charge in [-0.25, -0.2) is 15.0 Å². The van der Waals surface area contributed by atoms with Gasteiger partial charge in [-0.2, -0.15) is 0 Å². The maximum Gasteiger partial charge on any atom is 0.251 e. The minimum absolute atomic E-state index is 0.184. The first-order chi connectivity index (χ1) is 15.5. The van der Waals surface area contributed by atoms with E-state index < -0.39 is 0 Å². The van der Waals surface area contributed by atoms with Crippen LogP contribution in [0.1, 0.15) is 47.4 Å². The van der Waals surface area contributed by atoms with Crippen LogP contribution in [0.25, 0.3) is 11.5 Å². The molecule has 4 rings (SSSR count). The van der Waals surface area contributed by atoms with E-state index in [2.05, 4.69) is 35.8 Å². The van der Waals surface area contributed by atoms with Crippen LogP contribution in [-0.2, 0) is 20.1 Å². The molecular formula is C22H24N8O2. The van der Waals surface area contributed by atoms with Crippen molar-refractivity contribution in [1.29, 1.82) is 0 Å². The molecule has 10 nitrogen and oxygen atoms in total. The van der Waals surface area contributed by atoms with Crippen molar-refractivity contribution in [3.8, 4) is 11.5 Å². The molecule has 0 unspecified atom stereocenters. The molecule has 0 saturated carbocycles. The summed E-state index contributed by atoms with van der Waals surface area (Å²) < 4.78 is 7.28. The quantitative estimate of drug-likeness (QED) is 0.436. The number of carbonyl (C=O) groups excluding carboxylic acids is 1. The summed E-state index contributed by atoms with van der Waals surface area (Å²) in [7, 11) is 1.88. The topological polar surface area (TPSA) is 124 Å². The van der Waals surface area contributed by atoms with Crippen LogP contribution in [0.2, 0.25) is 0 Å². The molecule has 0 aliphatic heterocycles. The van der Waals surface area contributed by atoms with Crippen molar-refractivity contribution >= 4 is 11.6 Å². The summed E-state index contributed by atoms with van der Waals surface area (Å²) in [5.41, 5.74) is 2.79. The van der Waals surface area contributed by atoms with Crippen molar-refractivity contribution in [2.24, 2.45) is 7.05 Å². The van der Waals surface area contributed by atoms with Crippen LogP contribution >= 0.6 is 0 Å². The summed E-state index contributed by atoms with van der Waals surface area (Å²) in [5.74, 6) is 2.20. The van der Waals surface area contributed by atoms with Crippen LogP contribution in [0.15, 0.2) is 53.7 Å². The van der Waals surface area contributed by atoms with Crippen molar-refractivity contribution in [1.82, 2.24) is 35.0 Å². The van der Waals surface area contributed by atoms with Crippen molar-refractivity contribution < 1.29 is 9.21 Å². The van der Waals surface area contributed by atoms with E-state index in [-0.39, 0.29) is 11.8 Å². The van der Waals surface area contributed by atoms with Gasteiger partial charge >= 0.3 is 0 Å².